The van der Waals surface area contributed by atoms with Gasteiger partial charge in [-0.05, 0) is 58.1 Å². The Balaban J connectivity index is 1.77. The van der Waals surface area contributed by atoms with Crippen LogP contribution in [0.2, 0.25) is 0 Å². The summed E-state index contributed by atoms with van der Waals surface area (Å²) in [5.41, 5.74) is 1.24. The fourth-order valence-electron chi connectivity index (χ4n) is 3.65. The molecule has 0 bridgehead atoms. The number of halogens is 4. The van der Waals surface area contributed by atoms with Crippen LogP contribution in [0.3, 0.4) is 0 Å². The molecule has 30 heavy (non-hydrogen) atoms. The summed E-state index contributed by atoms with van der Waals surface area (Å²) in [6.07, 6.45) is 1.12. The van der Waals surface area contributed by atoms with Crippen molar-refractivity contribution in [3.8, 4) is 22.3 Å². The van der Waals surface area contributed by atoms with Crippen molar-refractivity contribution in [2.75, 3.05) is 7.11 Å². The van der Waals surface area contributed by atoms with Crippen molar-refractivity contribution < 1.29 is 27.0 Å². The zero-order valence-electron chi connectivity index (χ0n) is 16.1. The second kappa shape index (κ2) is 8.05. The molecule has 0 fully saturated rings. The maximum atomic E-state index is 14.9. The minimum absolute atomic E-state index is 0.0477. The second-order valence-electron chi connectivity index (χ2n) is 7.03. The van der Waals surface area contributed by atoms with Gasteiger partial charge >= 0.3 is 0 Å². The molecule has 1 unspecified atom stereocenters. The van der Waals surface area contributed by atoms with Gasteiger partial charge in [-0.3, -0.25) is 0 Å². The van der Waals surface area contributed by atoms with E-state index in [2.05, 4.69) is 6.58 Å². The van der Waals surface area contributed by atoms with Gasteiger partial charge in [0.05, 0.1) is 12.2 Å². The van der Waals surface area contributed by atoms with E-state index in [0.29, 0.717) is 16.7 Å². The van der Waals surface area contributed by atoms with E-state index in [4.69, 9.17) is 9.47 Å². The van der Waals surface area contributed by atoms with Gasteiger partial charge in [-0.1, -0.05) is 24.8 Å². The molecule has 3 aromatic rings. The quantitative estimate of drug-likeness (QED) is 0.469. The van der Waals surface area contributed by atoms with E-state index < -0.39 is 29.6 Å². The summed E-state index contributed by atoms with van der Waals surface area (Å²) in [5.74, 6) is -3.03. The second-order valence-corrected chi connectivity index (χ2v) is 7.03. The van der Waals surface area contributed by atoms with E-state index >= 15 is 0 Å². The number of hydrogen-bond donors (Lipinski definition) is 0. The van der Waals surface area contributed by atoms with Crippen molar-refractivity contribution >= 4 is 6.08 Å². The number of fused-ring (bicyclic) bond motifs is 1. The highest BCUT2D eigenvalue weighted by Gasteiger charge is 2.24. The molecule has 0 aliphatic carbocycles. The van der Waals surface area contributed by atoms with Crippen LogP contribution >= 0.6 is 0 Å². The zero-order chi connectivity index (χ0) is 21.4. The van der Waals surface area contributed by atoms with Crippen molar-refractivity contribution in [2.45, 2.75) is 19.3 Å². The van der Waals surface area contributed by atoms with Gasteiger partial charge in [0.25, 0.3) is 0 Å². The number of hydrogen-bond acceptors (Lipinski definition) is 2. The van der Waals surface area contributed by atoms with Gasteiger partial charge in [-0.2, -0.15) is 0 Å². The summed E-state index contributed by atoms with van der Waals surface area (Å²) in [7, 11) is 1.46. The van der Waals surface area contributed by atoms with Crippen LogP contribution in [0, 0.1) is 23.3 Å². The topological polar surface area (TPSA) is 18.5 Å². The molecule has 0 aromatic heterocycles. The molecule has 154 valence electrons. The predicted molar refractivity (Wildman–Crippen MR) is 107 cm³/mol. The molecule has 1 aliphatic rings. The molecule has 0 spiro atoms. The van der Waals surface area contributed by atoms with Crippen molar-refractivity contribution in [2.24, 2.45) is 0 Å². The Morgan fingerprint density at radius 3 is 2.27 bits per heavy atom. The molecule has 3 aromatic carbocycles. The van der Waals surface area contributed by atoms with Gasteiger partial charge in [0, 0.05) is 19.1 Å². The maximum Gasteiger partial charge on any atom is 0.161 e. The molecule has 1 heterocycles. The van der Waals surface area contributed by atoms with E-state index in [9.17, 15) is 17.6 Å². The van der Waals surface area contributed by atoms with Gasteiger partial charge < -0.3 is 9.47 Å². The monoisotopic (exact) mass is 414 g/mol. The fourth-order valence-corrected chi connectivity index (χ4v) is 3.65. The Kier molecular flexibility index (Phi) is 5.45. The fraction of sp³-hybridized carbons (Fsp3) is 0.167. The molecular formula is C24H18F4O2. The number of rotatable bonds is 4. The first-order valence-electron chi connectivity index (χ1n) is 9.28. The van der Waals surface area contributed by atoms with E-state index in [1.54, 1.807) is 6.07 Å². The lowest BCUT2D eigenvalue weighted by Crippen LogP contribution is -2.25. The Morgan fingerprint density at radius 1 is 0.933 bits per heavy atom. The molecule has 4 rings (SSSR count). The molecule has 0 amide bonds. The summed E-state index contributed by atoms with van der Waals surface area (Å²) in [5, 5.41) is 0. The first kappa shape index (κ1) is 20.3. The number of benzene rings is 3. The minimum Gasteiger partial charge on any atom is -0.356 e. The van der Waals surface area contributed by atoms with Crippen LogP contribution in [0.25, 0.3) is 28.3 Å². The van der Waals surface area contributed by atoms with Crippen molar-refractivity contribution in [1.29, 1.82) is 0 Å². The molecular weight excluding hydrogens is 396 g/mol. The lowest BCUT2D eigenvalue weighted by Gasteiger charge is -2.25. The van der Waals surface area contributed by atoms with Crippen molar-refractivity contribution in [3.63, 3.8) is 0 Å². The van der Waals surface area contributed by atoms with Gasteiger partial charge in [-0.25, -0.2) is 17.6 Å². The molecule has 1 atom stereocenters. The zero-order valence-corrected chi connectivity index (χ0v) is 16.1. The first-order valence-corrected chi connectivity index (χ1v) is 9.28. The molecule has 2 nitrogen and oxygen atoms in total. The summed E-state index contributed by atoms with van der Waals surface area (Å²) >= 11 is 0. The van der Waals surface area contributed by atoms with Gasteiger partial charge in [0.15, 0.2) is 6.29 Å². The Bertz CT molecular complexity index is 1120. The molecule has 0 N–H and O–H groups in total. The molecule has 0 saturated heterocycles. The van der Waals surface area contributed by atoms with E-state index in [0.717, 1.165) is 18.2 Å². The lowest BCUT2D eigenvalue weighted by atomic mass is 9.93. The molecule has 6 heteroatoms. The van der Waals surface area contributed by atoms with Crippen LogP contribution in [0.1, 0.15) is 16.7 Å². The first-order chi connectivity index (χ1) is 14.4. The van der Waals surface area contributed by atoms with Crippen LogP contribution in [0.15, 0.2) is 49.0 Å². The van der Waals surface area contributed by atoms with Crippen LogP contribution in [0.5, 0.6) is 0 Å². The Hall–Kier alpha value is -2.96. The Labute approximate surface area is 171 Å². The standard InChI is InChI=1S/C24H18F4O2/c1-3-13-4-5-17(19(25)6-13)14-8-21(27)24(22(28)9-14)15-7-16-12-30-23(29-2)11-18(16)20(26)10-15/h3-10,23H,1,11-12H2,2H3. The normalized spacial score (nSPS) is 15.7. The third-order valence-electron chi connectivity index (χ3n) is 5.22. The molecule has 1 aliphatic heterocycles. The number of methoxy groups -OCH3 is 1. The highest BCUT2D eigenvalue weighted by Crippen LogP contribution is 2.35. The van der Waals surface area contributed by atoms with Crippen molar-refractivity contribution in [3.05, 3.63) is 89.0 Å². The Morgan fingerprint density at radius 2 is 1.63 bits per heavy atom. The van der Waals surface area contributed by atoms with Gasteiger partial charge in [-0.15, -0.1) is 0 Å². The summed E-state index contributed by atoms with van der Waals surface area (Å²) in [6, 6.07) is 8.95. The highest BCUT2D eigenvalue weighted by atomic mass is 19.1. The van der Waals surface area contributed by atoms with Crippen LogP contribution in [-0.2, 0) is 22.5 Å². The van der Waals surface area contributed by atoms with Crippen LogP contribution in [0.4, 0.5) is 17.6 Å². The lowest BCUT2D eigenvalue weighted by molar-refractivity contribution is -0.138. The maximum absolute atomic E-state index is 14.9. The molecule has 0 radical (unpaired) electrons. The van der Waals surface area contributed by atoms with E-state index in [1.807, 2.05) is 0 Å². The SMILES string of the molecule is C=Cc1ccc(-c2cc(F)c(-c3cc(F)c4c(c3)COC(OC)C4)c(F)c2)c(F)c1. The smallest absolute Gasteiger partial charge is 0.161 e. The van der Waals surface area contributed by atoms with Crippen LogP contribution < -0.4 is 0 Å². The summed E-state index contributed by atoms with van der Waals surface area (Å²) in [6.45, 7) is 3.63. The van der Waals surface area contributed by atoms with E-state index in [1.165, 1.54) is 31.4 Å². The van der Waals surface area contributed by atoms with E-state index in [-0.39, 0.29) is 35.3 Å². The highest BCUT2D eigenvalue weighted by molar-refractivity contribution is 5.73. The predicted octanol–water partition coefficient (Wildman–Crippen LogP) is 6.27. The summed E-state index contributed by atoms with van der Waals surface area (Å²) in [4.78, 5) is 0. The summed E-state index contributed by atoms with van der Waals surface area (Å²) < 4.78 is 69.3. The largest absolute Gasteiger partial charge is 0.356 e. The third kappa shape index (κ3) is 3.64. The average Bonchev–Trinajstić information content (AvgIpc) is 2.73. The molecule has 0 saturated carbocycles. The minimum atomic E-state index is -0.914. The van der Waals surface area contributed by atoms with Crippen molar-refractivity contribution in [1.82, 2.24) is 0 Å². The van der Waals surface area contributed by atoms with Gasteiger partial charge in [0.1, 0.15) is 23.3 Å². The van der Waals surface area contributed by atoms with Crippen LogP contribution in [-0.4, -0.2) is 13.4 Å². The number of ether oxygens (including phenoxy) is 2. The van der Waals surface area contributed by atoms with Gasteiger partial charge in [0.2, 0.25) is 0 Å². The average molecular weight is 414 g/mol. The third-order valence-corrected chi connectivity index (χ3v) is 5.22.